The van der Waals surface area contributed by atoms with E-state index in [1.807, 2.05) is 54.6 Å². The number of carboxylic acid groups (broad SMARTS) is 1. The molecule has 0 saturated carbocycles. The third kappa shape index (κ3) is 6.06. The number of aliphatic carboxylic acids is 1. The van der Waals surface area contributed by atoms with Crippen LogP contribution in [0.15, 0.2) is 60.2 Å². The fraction of sp³-hybridized carbons (Fsp3) is 0.118. The molecule has 2 aromatic carbocycles. The van der Waals surface area contributed by atoms with E-state index < -0.39 is 5.97 Å². The SMILES string of the molecule is CC(=Cc1ccc(OCc2ccccc2)cc1)C(=O)O.[SrH2]. The first-order valence-corrected chi connectivity index (χ1v) is 6.33. The Balaban J connectivity index is 0.00000220. The fourth-order valence-corrected chi connectivity index (χ4v) is 1.71. The van der Waals surface area contributed by atoms with E-state index >= 15 is 0 Å². The molecule has 21 heavy (non-hydrogen) atoms. The van der Waals surface area contributed by atoms with Crippen molar-refractivity contribution in [2.45, 2.75) is 13.5 Å². The van der Waals surface area contributed by atoms with Crippen molar-refractivity contribution in [2.75, 3.05) is 0 Å². The van der Waals surface area contributed by atoms with Gasteiger partial charge in [0.25, 0.3) is 0 Å². The molecule has 4 heteroatoms. The van der Waals surface area contributed by atoms with E-state index in [0.717, 1.165) is 16.9 Å². The zero-order chi connectivity index (χ0) is 14.4. The minimum absolute atomic E-state index is 0. The van der Waals surface area contributed by atoms with E-state index in [4.69, 9.17) is 9.84 Å². The van der Waals surface area contributed by atoms with Gasteiger partial charge in [-0.25, -0.2) is 4.79 Å². The summed E-state index contributed by atoms with van der Waals surface area (Å²) in [7, 11) is 0. The Labute approximate surface area is 161 Å². The normalized spacial score (nSPS) is 10.6. The van der Waals surface area contributed by atoms with Gasteiger partial charge in [-0.1, -0.05) is 42.5 Å². The van der Waals surface area contributed by atoms with Gasteiger partial charge in [0.2, 0.25) is 0 Å². The molecule has 0 aliphatic carbocycles. The molecule has 0 atom stereocenters. The Morgan fingerprint density at radius 3 is 2.29 bits per heavy atom. The van der Waals surface area contributed by atoms with E-state index in [-0.39, 0.29) is 45.5 Å². The predicted octanol–water partition coefficient (Wildman–Crippen LogP) is 2.84. The third-order valence-electron chi connectivity index (χ3n) is 2.85. The number of rotatable bonds is 5. The average Bonchev–Trinajstić information content (AvgIpc) is 2.47. The maximum absolute atomic E-state index is 10.7. The number of hydrogen-bond donors (Lipinski definition) is 1. The van der Waals surface area contributed by atoms with Crippen molar-refractivity contribution in [3.05, 3.63) is 71.3 Å². The summed E-state index contributed by atoms with van der Waals surface area (Å²) in [5, 5.41) is 8.82. The van der Waals surface area contributed by atoms with Crippen LogP contribution in [0.5, 0.6) is 5.75 Å². The van der Waals surface area contributed by atoms with Crippen LogP contribution in [0, 0.1) is 0 Å². The topological polar surface area (TPSA) is 46.5 Å². The third-order valence-corrected chi connectivity index (χ3v) is 2.85. The van der Waals surface area contributed by atoms with E-state index in [0.29, 0.717) is 12.2 Å². The first-order chi connectivity index (χ1) is 9.65. The molecule has 3 nitrogen and oxygen atoms in total. The summed E-state index contributed by atoms with van der Waals surface area (Å²) in [6, 6.07) is 17.3. The van der Waals surface area contributed by atoms with E-state index in [2.05, 4.69) is 0 Å². The molecule has 0 saturated heterocycles. The summed E-state index contributed by atoms with van der Waals surface area (Å²) in [5.41, 5.74) is 2.26. The van der Waals surface area contributed by atoms with Gasteiger partial charge in [0, 0.05) is 5.57 Å². The molecule has 0 fully saturated rings. The summed E-state index contributed by atoms with van der Waals surface area (Å²) >= 11 is 0. The van der Waals surface area contributed by atoms with Crippen molar-refractivity contribution in [3.63, 3.8) is 0 Å². The van der Waals surface area contributed by atoms with Crippen LogP contribution in [0.4, 0.5) is 0 Å². The zero-order valence-corrected chi connectivity index (χ0v) is 11.2. The van der Waals surface area contributed by atoms with Crippen molar-refractivity contribution < 1.29 is 14.6 Å². The standard InChI is InChI=1S/C17H16O3.Sr.2H/c1-13(17(18)19)11-14-7-9-16(10-8-14)20-12-15-5-3-2-4-6-15;;;/h2-11H,12H2,1H3,(H,18,19);;;. The molecule has 0 aliphatic rings. The van der Waals surface area contributed by atoms with Gasteiger partial charge in [-0.2, -0.15) is 0 Å². The van der Waals surface area contributed by atoms with Crippen molar-refractivity contribution in [3.8, 4) is 5.75 Å². The predicted molar refractivity (Wildman–Crippen MR) is 87.0 cm³/mol. The Bertz CT molecular complexity index is 604. The fourth-order valence-electron chi connectivity index (χ4n) is 1.71. The molecule has 1 N–H and O–H groups in total. The van der Waals surface area contributed by atoms with Gasteiger partial charge in [0.1, 0.15) is 12.4 Å². The van der Waals surface area contributed by atoms with E-state index in [1.165, 1.54) is 0 Å². The van der Waals surface area contributed by atoms with Crippen LogP contribution in [0.2, 0.25) is 0 Å². The van der Waals surface area contributed by atoms with Crippen molar-refractivity contribution in [1.82, 2.24) is 0 Å². The van der Waals surface area contributed by atoms with Crippen LogP contribution in [0.25, 0.3) is 6.08 Å². The van der Waals surface area contributed by atoms with Gasteiger partial charge in [0.15, 0.2) is 0 Å². The second-order valence-electron chi connectivity index (χ2n) is 4.48. The Hall–Kier alpha value is -1.07. The van der Waals surface area contributed by atoms with Crippen LogP contribution in [0.1, 0.15) is 18.1 Å². The summed E-state index contributed by atoms with van der Waals surface area (Å²) in [4.78, 5) is 10.7. The average molecular weight is 358 g/mol. The van der Waals surface area contributed by atoms with Gasteiger partial charge in [-0.05, 0) is 36.3 Å². The van der Waals surface area contributed by atoms with Crippen LogP contribution in [-0.2, 0) is 11.4 Å². The molecule has 0 radical (unpaired) electrons. The van der Waals surface area contributed by atoms with Crippen LogP contribution in [0.3, 0.4) is 0 Å². The van der Waals surface area contributed by atoms with Gasteiger partial charge in [0.05, 0.1) is 0 Å². The number of carboxylic acids is 1. The molecule has 0 heterocycles. The molecule has 106 valence electrons. The molecule has 0 amide bonds. The molecule has 0 unspecified atom stereocenters. The summed E-state index contributed by atoms with van der Waals surface area (Å²) in [6.07, 6.45) is 1.63. The Morgan fingerprint density at radius 2 is 1.71 bits per heavy atom. The van der Waals surface area contributed by atoms with Crippen LogP contribution >= 0.6 is 0 Å². The number of benzene rings is 2. The van der Waals surface area contributed by atoms with Crippen LogP contribution < -0.4 is 4.74 Å². The molecule has 0 aliphatic heterocycles. The molecule has 2 aromatic rings. The van der Waals surface area contributed by atoms with E-state index in [9.17, 15) is 4.79 Å². The first-order valence-electron chi connectivity index (χ1n) is 6.33. The van der Waals surface area contributed by atoms with Gasteiger partial charge in [-0.3, -0.25) is 0 Å². The molecule has 2 rings (SSSR count). The van der Waals surface area contributed by atoms with Crippen molar-refractivity contribution in [2.24, 2.45) is 0 Å². The van der Waals surface area contributed by atoms with Gasteiger partial charge < -0.3 is 9.84 Å². The Morgan fingerprint density at radius 1 is 1.10 bits per heavy atom. The number of carbonyl (C=O) groups is 1. The minimum atomic E-state index is -0.908. The molecular formula is C17H18O3Sr. The summed E-state index contributed by atoms with van der Waals surface area (Å²) < 4.78 is 5.66. The van der Waals surface area contributed by atoms with Crippen LogP contribution in [-0.4, -0.2) is 56.6 Å². The zero-order valence-electron chi connectivity index (χ0n) is 11.2. The monoisotopic (exact) mass is 358 g/mol. The van der Waals surface area contributed by atoms with Gasteiger partial charge in [-0.15, -0.1) is 0 Å². The van der Waals surface area contributed by atoms with Crippen molar-refractivity contribution in [1.29, 1.82) is 0 Å². The summed E-state index contributed by atoms with van der Waals surface area (Å²) in [5.74, 6) is -0.145. The second-order valence-corrected chi connectivity index (χ2v) is 4.48. The second kappa shape index (κ2) is 9.05. The molecule has 0 aromatic heterocycles. The number of hydrogen-bond acceptors (Lipinski definition) is 2. The quantitative estimate of drug-likeness (QED) is 0.661. The molecule has 0 spiro atoms. The van der Waals surface area contributed by atoms with Gasteiger partial charge >= 0.3 is 51.5 Å². The number of ether oxygens (including phenoxy) is 1. The first kappa shape index (κ1) is 18.0. The van der Waals surface area contributed by atoms with E-state index in [1.54, 1.807) is 13.0 Å². The maximum atomic E-state index is 10.7. The Kier molecular flexibility index (Phi) is 7.75. The van der Waals surface area contributed by atoms with Crippen molar-refractivity contribution >= 4 is 57.5 Å². The summed E-state index contributed by atoms with van der Waals surface area (Å²) in [6.45, 7) is 2.09. The molecular weight excluding hydrogens is 340 g/mol. The molecule has 0 bridgehead atoms.